The molecule has 0 heterocycles. The van der Waals surface area contributed by atoms with Gasteiger partial charge in [-0.2, -0.15) is 0 Å². The summed E-state index contributed by atoms with van der Waals surface area (Å²) in [5, 5.41) is 0. The minimum atomic E-state index is -0.147. The number of aryl methyl sites for hydroxylation is 4. The molecule has 0 radical (unpaired) electrons. The van der Waals surface area contributed by atoms with Crippen LogP contribution in [0.15, 0.2) is 176 Å². The molecule has 2 atom stereocenters. The van der Waals surface area contributed by atoms with Gasteiger partial charge in [0.05, 0.1) is 0 Å². The molecule has 54 heavy (non-hydrogen) atoms. The Morgan fingerprint density at radius 3 is 1.09 bits per heavy atom. The summed E-state index contributed by atoms with van der Waals surface area (Å²) in [6, 6.07) is 65.8. The molecule has 1 fully saturated rings. The van der Waals surface area contributed by atoms with Crippen molar-refractivity contribution in [3.05, 3.63) is 215 Å². The van der Waals surface area contributed by atoms with Crippen LogP contribution in [0.2, 0.25) is 0 Å². The van der Waals surface area contributed by atoms with Gasteiger partial charge in [-0.25, -0.2) is 0 Å². The number of hydrogen-bond donors (Lipinski definition) is 0. The Balaban J connectivity index is 1.20. The zero-order valence-electron chi connectivity index (χ0n) is 32.0. The van der Waals surface area contributed by atoms with Gasteiger partial charge in [0.2, 0.25) is 0 Å². The van der Waals surface area contributed by atoms with Crippen LogP contribution in [0.25, 0.3) is 0 Å². The van der Waals surface area contributed by atoms with Crippen molar-refractivity contribution in [2.75, 3.05) is 9.80 Å². The third-order valence-electron chi connectivity index (χ3n) is 11.6. The van der Waals surface area contributed by atoms with Crippen LogP contribution in [-0.4, -0.2) is 0 Å². The number of nitrogens with zero attached hydrogens (tertiary/aromatic N) is 2. The molecule has 2 unspecified atom stereocenters. The van der Waals surface area contributed by atoms with Crippen LogP contribution in [0.4, 0.5) is 34.1 Å². The molecule has 0 N–H and O–H groups in total. The van der Waals surface area contributed by atoms with Crippen molar-refractivity contribution in [3.63, 3.8) is 0 Å². The first-order chi connectivity index (χ1) is 26.4. The van der Waals surface area contributed by atoms with Gasteiger partial charge < -0.3 is 9.80 Å². The van der Waals surface area contributed by atoms with Crippen molar-refractivity contribution < 1.29 is 0 Å². The van der Waals surface area contributed by atoms with Crippen molar-refractivity contribution in [1.29, 1.82) is 0 Å². The lowest BCUT2D eigenvalue weighted by Crippen LogP contribution is -2.38. The minimum absolute atomic E-state index is 0.147. The zero-order chi connectivity index (χ0) is 37.1. The number of rotatable bonds is 9. The molecular weight excluding hydrogens is 653 g/mol. The van der Waals surface area contributed by atoms with Crippen LogP contribution in [0, 0.1) is 27.7 Å². The summed E-state index contributed by atoms with van der Waals surface area (Å²) in [5.41, 5.74) is 16.1. The van der Waals surface area contributed by atoms with Crippen LogP contribution < -0.4 is 9.80 Å². The fourth-order valence-electron chi connectivity index (χ4n) is 8.65. The molecule has 0 spiro atoms. The SMILES string of the molecule is Cc1ccc(N(c2ccc(C)cc2)c2ccc(C3CCCCC3(c3ccccc3)c3ccc(N(c4ccc(C)cc4)c4ccc(C)cc4)cc3)cc2)cc1. The Bertz CT molecular complexity index is 2180. The van der Waals surface area contributed by atoms with E-state index >= 15 is 0 Å². The average molecular weight is 703 g/mol. The van der Waals surface area contributed by atoms with Crippen molar-refractivity contribution in [3.8, 4) is 0 Å². The second kappa shape index (κ2) is 15.2. The van der Waals surface area contributed by atoms with Crippen LogP contribution in [-0.2, 0) is 5.41 Å². The first-order valence-electron chi connectivity index (χ1n) is 19.5. The number of anilines is 6. The van der Waals surface area contributed by atoms with Gasteiger partial charge in [-0.15, -0.1) is 0 Å². The topological polar surface area (TPSA) is 6.48 Å². The first kappa shape index (κ1) is 35.2. The van der Waals surface area contributed by atoms with Gasteiger partial charge in [0.25, 0.3) is 0 Å². The van der Waals surface area contributed by atoms with E-state index in [9.17, 15) is 0 Å². The summed E-state index contributed by atoms with van der Waals surface area (Å²) in [6.07, 6.45) is 4.70. The van der Waals surface area contributed by atoms with E-state index in [0.717, 1.165) is 24.2 Å². The summed E-state index contributed by atoms with van der Waals surface area (Å²) >= 11 is 0. The zero-order valence-corrected chi connectivity index (χ0v) is 32.0. The summed E-state index contributed by atoms with van der Waals surface area (Å²) in [7, 11) is 0. The summed E-state index contributed by atoms with van der Waals surface area (Å²) in [5.74, 6) is 0.339. The van der Waals surface area contributed by atoms with Crippen LogP contribution in [0.1, 0.15) is 70.5 Å². The van der Waals surface area contributed by atoms with Crippen molar-refractivity contribution >= 4 is 34.1 Å². The Hall–Kier alpha value is -5.86. The molecule has 268 valence electrons. The highest BCUT2D eigenvalue weighted by atomic mass is 15.1. The average Bonchev–Trinajstić information content (AvgIpc) is 3.22. The third kappa shape index (κ3) is 6.97. The maximum atomic E-state index is 2.42. The smallest absolute Gasteiger partial charge is 0.0461 e. The minimum Gasteiger partial charge on any atom is -0.311 e. The summed E-state index contributed by atoms with van der Waals surface area (Å²) < 4.78 is 0. The van der Waals surface area contributed by atoms with Crippen LogP contribution >= 0.6 is 0 Å². The lowest BCUT2D eigenvalue weighted by atomic mass is 9.57. The highest BCUT2D eigenvalue weighted by molar-refractivity contribution is 5.78. The summed E-state index contributed by atoms with van der Waals surface area (Å²) in [4.78, 5) is 4.75. The molecule has 2 nitrogen and oxygen atoms in total. The van der Waals surface area contributed by atoms with Gasteiger partial charge in [0.15, 0.2) is 0 Å². The third-order valence-corrected chi connectivity index (χ3v) is 11.6. The van der Waals surface area contributed by atoms with Crippen LogP contribution in [0.5, 0.6) is 0 Å². The molecule has 1 aliphatic rings. The quantitative estimate of drug-likeness (QED) is 0.148. The number of hydrogen-bond acceptors (Lipinski definition) is 2. The predicted octanol–water partition coefficient (Wildman–Crippen LogP) is 14.5. The maximum absolute atomic E-state index is 2.42. The van der Waals surface area contributed by atoms with Gasteiger partial charge in [0.1, 0.15) is 0 Å². The second-order valence-electron chi connectivity index (χ2n) is 15.3. The Kier molecular flexibility index (Phi) is 9.93. The van der Waals surface area contributed by atoms with E-state index in [1.807, 2.05) is 0 Å². The van der Waals surface area contributed by atoms with E-state index in [-0.39, 0.29) is 5.41 Å². The molecule has 0 aromatic heterocycles. The van der Waals surface area contributed by atoms with Gasteiger partial charge in [-0.05, 0) is 136 Å². The highest BCUT2D eigenvalue weighted by Gasteiger charge is 2.44. The fourth-order valence-corrected chi connectivity index (χ4v) is 8.65. The molecule has 7 aromatic carbocycles. The van der Waals surface area contributed by atoms with Gasteiger partial charge in [-0.3, -0.25) is 0 Å². The molecule has 0 amide bonds. The maximum Gasteiger partial charge on any atom is 0.0461 e. The fraction of sp³-hybridized carbons (Fsp3) is 0.192. The van der Waals surface area contributed by atoms with Gasteiger partial charge in [-0.1, -0.05) is 138 Å². The second-order valence-corrected chi connectivity index (χ2v) is 15.3. The molecule has 0 bridgehead atoms. The molecule has 7 aromatic rings. The lowest BCUT2D eigenvalue weighted by Gasteiger charge is -2.46. The summed E-state index contributed by atoms with van der Waals surface area (Å²) in [6.45, 7) is 8.59. The lowest BCUT2D eigenvalue weighted by molar-refractivity contribution is 0.295. The largest absolute Gasteiger partial charge is 0.311 e. The van der Waals surface area contributed by atoms with Crippen molar-refractivity contribution in [2.45, 2.75) is 64.7 Å². The first-order valence-corrected chi connectivity index (χ1v) is 19.5. The normalized spacial score (nSPS) is 16.9. The monoisotopic (exact) mass is 702 g/mol. The number of benzene rings is 7. The molecular formula is C52H50N2. The predicted molar refractivity (Wildman–Crippen MR) is 230 cm³/mol. The van der Waals surface area contributed by atoms with E-state index in [1.54, 1.807) is 0 Å². The van der Waals surface area contributed by atoms with E-state index < -0.39 is 0 Å². The van der Waals surface area contributed by atoms with Gasteiger partial charge >= 0.3 is 0 Å². The van der Waals surface area contributed by atoms with E-state index in [0.29, 0.717) is 5.92 Å². The van der Waals surface area contributed by atoms with E-state index in [4.69, 9.17) is 0 Å². The molecule has 2 heteroatoms. The Morgan fingerprint density at radius 2 is 0.704 bits per heavy atom. The molecule has 1 aliphatic carbocycles. The Morgan fingerprint density at radius 1 is 0.370 bits per heavy atom. The Labute approximate surface area is 322 Å². The van der Waals surface area contributed by atoms with Crippen LogP contribution in [0.3, 0.4) is 0 Å². The molecule has 0 saturated heterocycles. The molecule has 1 saturated carbocycles. The van der Waals surface area contributed by atoms with Crippen molar-refractivity contribution in [2.24, 2.45) is 0 Å². The molecule has 0 aliphatic heterocycles. The standard InChI is InChI=1S/C52H50N2/c1-38-13-25-45(26-14-38)53(46-27-15-39(2)16-28-46)49-33-21-42(22-34-49)51-12-8-9-37-52(51,43-10-6-5-7-11-43)44-23-35-50(36-24-44)54(47-29-17-40(3)18-30-47)48-31-19-41(4)20-32-48/h5-7,10-11,13-36,51H,8-9,12,37H2,1-4H3. The van der Waals surface area contributed by atoms with E-state index in [2.05, 4.69) is 213 Å². The van der Waals surface area contributed by atoms with E-state index in [1.165, 1.54) is 74.5 Å². The molecule has 8 rings (SSSR count). The highest BCUT2D eigenvalue weighted by Crippen LogP contribution is 2.54. The van der Waals surface area contributed by atoms with Crippen molar-refractivity contribution in [1.82, 2.24) is 0 Å². The van der Waals surface area contributed by atoms with Gasteiger partial charge in [0, 0.05) is 39.5 Å².